The van der Waals surface area contributed by atoms with E-state index in [2.05, 4.69) is 35.5 Å². The molecule has 0 aliphatic rings. The number of sulfone groups is 1. The fraction of sp³-hybridized carbons (Fsp3) is 0.737. The van der Waals surface area contributed by atoms with Crippen LogP contribution >= 0.6 is 11.3 Å². The number of rotatable bonds is 12. The van der Waals surface area contributed by atoms with Gasteiger partial charge in [0, 0.05) is 0 Å². The minimum atomic E-state index is -3.26. The van der Waals surface area contributed by atoms with Gasteiger partial charge >= 0.3 is 174 Å². The Kier molecular flexibility index (Phi) is 8.47. The van der Waals surface area contributed by atoms with Crippen LogP contribution < -0.4 is 3.71 Å². The van der Waals surface area contributed by atoms with Crippen molar-refractivity contribution in [3.05, 3.63) is 11.7 Å². The third-order valence-corrected chi connectivity index (χ3v) is 13.2. The average Bonchev–Trinajstić information content (AvgIpc) is 3.18. The van der Waals surface area contributed by atoms with Gasteiger partial charge in [0.2, 0.25) is 0 Å². The first-order valence-electron chi connectivity index (χ1n) is 9.79. The van der Waals surface area contributed by atoms with Gasteiger partial charge in [-0.15, -0.1) is 0 Å². The van der Waals surface area contributed by atoms with Gasteiger partial charge in [0.25, 0.3) is 0 Å². The van der Waals surface area contributed by atoms with E-state index in [0.717, 1.165) is 4.83 Å². The molecule has 0 atom stereocenters. The Morgan fingerprint density at radius 1 is 1.08 bits per heavy atom. The van der Waals surface area contributed by atoms with E-state index in [0.29, 0.717) is 3.43 Å². The van der Waals surface area contributed by atoms with Gasteiger partial charge in [-0.25, -0.2) is 0 Å². The zero-order chi connectivity index (χ0) is 19.2. The second-order valence-corrected chi connectivity index (χ2v) is 15.3. The van der Waals surface area contributed by atoms with Crippen LogP contribution in [-0.2, 0) is 9.84 Å². The van der Waals surface area contributed by atoms with Crippen LogP contribution in [0.3, 0.4) is 0 Å². The summed E-state index contributed by atoms with van der Waals surface area (Å²) in [6, 6.07) is 0. The molecule has 0 bridgehead atoms. The molecule has 0 spiro atoms. The number of hydrogen-bond donors (Lipinski definition) is 0. The van der Waals surface area contributed by atoms with Crippen molar-refractivity contribution >= 4 is 50.9 Å². The number of unbranched alkanes of at least 4 members (excludes halogenated alkanes) is 3. The molecular weight excluding hydrogens is 471 g/mol. The molecule has 0 unspecified atom stereocenters. The molecule has 0 aromatic carbocycles. The van der Waals surface area contributed by atoms with Crippen molar-refractivity contribution in [1.82, 2.24) is 9.38 Å². The van der Waals surface area contributed by atoms with Crippen molar-refractivity contribution in [2.75, 3.05) is 6.26 Å². The molecule has 0 aliphatic heterocycles. The zero-order valence-corrected chi connectivity index (χ0v) is 21.0. The van der Waals surface area contributed by atoms with E-state index in [9.17, 15) is 8.42 Å². The number of hydrogen-bond acceptors (Lipinski definition) is 4. The number of imidazole rings is 1. The first-order chi connectivity index (χ1) is 12.4. The number of thiazole rings is 1. The standard InChI is InChI=1S/C13H27.C6H5N2O2S2.Sn/c1-4-7-10-13(11-8-5-2)12-9-6-3;1-12(9,10)5-6-8(4-7-5)2-3-11-6;/h4-12H2,1-3H3;3-4H,1H3;. The van der Waals surface area contributed by atoms with E-state index < -0.39 is 31.0 Å². The van der Waals surface area contributed by atoms with Gasteiger partial charge in [0.15, 0.2) is 0 Å². The quantitative estimate of drug-likeness (QED) is 0.389. The van der Waals surface area contributed by atoms with Gasteiger partial charge < -0.3 is 0 Å². The summed E-state index contributed by atoms with van der Waals surface area (Å²) < 4.78 is 27.9. The summed E-state index contributed by atoms with van der Waals surface area (Å²) in [6.45, 7) is 6.85. The first-order valence-corrected chi connectivity index (χ1v) is 15.4. The first kappa shape index (κ1) is 22.2. The van der Waals surface area contributed by atoms with E-state index in [-0.39, 0.29) is 5.03 Å². The fourth-order valence-electron chi connectivity index (χ4n) is 3.49. The number of nitrogens with zero attached hydrogens (tertiary/aromatic N) is 2. The summed E-state index contributed by atoms with van der Waals surface area (Å²) in [5.41, 5.74) is 0. The predicted molar refractivity (Wildman–Crippen MR) is 113 cm³/mol. The third-order valence-electron chi connectivity index (χ3n) is 5.01. The van der Waals surface area contributed by atoms with E-state index in [4.69, 9.17) is 0 Å². The molecule has 7 heteroatoms. The normalized spacial score (nSPS) is 12.9. The molecule has 0 fully saturated rings. The molecule has 2 aromatic heterocycles. The van der Waals surface area contributed by atoms with Crippen molar-refractivity contribution in [3.63, 3.8) is 0 Å². The Balaban J connectivity index is 2.36. The average molecular weight is 503 g/mol. The summed E-state index contributed by atoms with van der Waals surface area (Å²) in [4.78, 5) is 5.02. The molecule has 146 valence electrons. The molecule has 0 amide bonds. The second kappa shape index (κ2) is 9.92. The summed E-state index contributed by atoms with van der Waals surface area (Å²) in [5.74, 6) is 0. The molecule has 0 saturated carbocycles. The third kappa shape index (κ3) is 5.47. The summed E-state index contributed by atoms with van der Waals surface area (Å²) >= 11 is 0.665. The van der Waals surface area contributed by atoms with Crippen molar-refractivity contribution in [3.8, 4) is 0 Å². The Bertz CT molecular complexity index is 774. The van der Waals surface area contributed by atoms with Gasteiger partial charge in [-0.2, -0.15) is 0 Å². The number of aromatic nitrogens is 2. The Morgan fingerprint density at radius 2 is 1.62 bits per heavy atom. The van der Waals surface area contributed by atoms with Gasteiger partial charge in [-0.3, -0.25) is 0 Å². The van der Waals surface area contributed by atoms with Gasteiger partial charge in [0.05, 0.1) is 0 Å². The summed E-state index contributed by atoms with van der Waals surface area (Å²) in [6.07, 6.45) is 14.7. The zero-order valence-electron chi connectivity index (χ0n) is 16.5. The van der Waals surface area contributed by atoms with Gasteiger partial charge in [-0.1, -0.05) is 0 Å². The van der Waals surface area contributed by atoms with Crippen LogP contribution in [0.4, 0.5) is 0 Å². The second-order valence-electron chi connectivity index (χ2n) is 7.33. The summed E-state index contributed by atoms with van der Waals surface area (Å²) in [7, 11) is -3.26. The minimum absolute atomic E-state index is 0.245. The maximum atomic E-state index is 12.0. The van der Waals surface area contributed by atoms with Crippen molar-refractivity contribution in [1.29, 1.82) is 0 Å². The maximum absolute atomic E-state index is 12.0. The molecule has 2 heterocycles. The van der Waals surface area contributed by atoms with E-state index >= 15 is 0 Å². The van der Waals surface area contributed by atoms with Crippen molar-refractivity contribution in [2.24, 2.45) is 0 Å². The van der Waals surface area contributed by atoms with Gasteiger partial charge in [-0.05, 0) is 0 Å². The van der Waals surface area contributed by atoms with E-state index in [1.807, 2.05) is 0 Å². The molecule has 2 aromatic rings. The van der Waals surface area contributed by atoms with Crippen LogP contribution in [0.25, 0.3) is 4.83 Å². The van der Waals surface area contributed by atoms with Crippen LogP contribution in [0.5, 0.6) is 0 Å². The molecule has 0 aliphatic carbocycles. The molecule has 2 rings (SSSR count). The van der Waals surface area contributed by atoms with E-state index in [1.54, 1.807) is 17.7 Å². The van der Waals surface area contributed by atoms with Crippen molar-refractivity contribution < 1.29 is 8.42 Å². The molecular formula is C19H32N2O2S2Sn. The van der Waals surface area contributed by atoms with Crippen LogP contribution in [0.15, 0.2) is 16.7 Å². The molecule has 4 nitrogen and oxygen atoms in total. The van der Waals surface area contributed by atoms with Crippen LogP contribution in [0.1, 0.15) is 78.6 Å². The summed E-state index contributed by atoms with van der Waals surface area (Å²) in [5, 5.41) is 2.46. The topological polar surface area (TPSA) is 51.4 Å². The molecule has 0 saturated heterocycles. The van der Waals surface area contributed by atoms with Crippen molar-refractivity contribution in [2.45, 2.75) is 87.0 Å². The SMILES string of the molecule is CCCC[C](CCCC)(CCCC)[Sn][c]1csc2c(S(C)(=O)=O)ncn12. The Morgan fingerprint density at radius 3 is 2.08 bits per heavy atom. The predicted octanol–water partition coefficient (Wildman–Crippen LogP) is 4.86. The van der Waals surface area contributed by atoms with Crippen LogP contribution in [0, 0.1) is 0 Å². The fourth-order valence-corrected chi connectivity index (χ4v) is 11.8. The van der Waals surface area contributed by atoms with Gasteiger partial charge in [0.1, 0.15) is 0 Å². The Hall–Kier alpha value is -0.0813. The molecule has 2 radical (unpaired) electrons. The monoisotopic (exact) mass is 504 g/mol. The van der Waals surface area contributed by atoms with E-state index in [1.165, 1.54) is 67.8 Å². The van der Waals surface area contributed by atoms with Crippen LogP contribution in [-0.4, -0.2) is 45.2 Å². The Labute approximate surface area is 172 Å². The molecule has 0 N–H and O–H groups in total. The number of fused-ring (bicyclic) bond motifs is 1. The molecule has 26 heavy (non-hydrogen) atoms. The van der Waals surface area contributed by atoms with Crippen LogP contribution in [0.2, 0.25) is 3.43 Å².